The fourth-order valence-electron chi connectivity index (χ4n) is 3.31. The van der Waals surface area contributed by atoms with Crippen molar-refractivity contribution in [3.63, 3.8) is 0 Å². The van der Waals surface area contributed by atoms with Crippen LogP contribution in [0.2, 0.25) is 0 Å². The van der Waals surface area contributed by atoms with Gasteiger partial charge in [0.25, 0.3) is 0 Å². The van der Waals surface area contributed by atoms with Gasteiger partial charge < -0.3 is 4.74 Å². The van der Waals surface area contributed by atoms with Gasteiger partial charge in [-0.25, -0.2) is 0 Å². The summed E-state index contributed by atoms with van der Waals surface area (Å²) in [5.41, 5.74) is 4.56. The first-order chi connectivity index (χ1) is 10.0. The van der Waals surface area contributed by atoms with Crippen LogP contribution in [0.25, 0.3) is 6.08 Å². The van der Waals surface area contributed by atoms with E-state index >= 15 is 0 Å². The molecule has 21 heavy (non-hydrogen) atoms. The molecule has 1 heterocycles. The second-order valence-electron chi connectivity index (χ2n) is 6.45. The van der Waals surface area contributed by atoms with Gasteiger partial charge >= 0.3 is 0 Å². The minimum Gasteiger partial charge on any atom is -0.365 e. The summed E-state index contributed by atoms with van der Waals surface area (Å²) in [5.74, 6) is 0. The predicted octanol–water partition coefficient (Wildman–Crippen LogP) is 5.66. The minimum atomic E-state index is 0.0329. The molecule has 1 unspecified atom stereocenters. The molecule has 116 valence electrons. The zero-order valence-corrected chi connectivity index (χ0v) is 14.3. The number of ether oxygens (including phenoxy) is 1. The van der Waals surface area contributed by atoms with E-state index in [0.29, 0.717) is 5.41 Å². The topological polar surface area (TPSA) is 12.5 Å². The number of hydrogen-bond donors (Lipinski definition) is 0. The first-order valence-electron chi connectivity index (χ1n) is 8.49. The number of hydrogen-bond acceptors (Lipinski definition) is 1. The normalized spacial score (nSPS) is 22.0. The van der Waals surface area contributed by atoms with E-state index in [1.54, 1.807) is 0 Å². The standard InChI is InChI=1S/C20H30O/c1-6-19(7-2,8-3)18-11-10-17(16(5)14-18)12-13-20(9-4)15-21-20/h10-14H,6-9,15H2,1-5H3/b13-12+. The van der Waals surface area contributed by atoms with Crippen LogP contribution in [0.15, 0.2) is 24.3 Å². The molecule has 0 aromatic heterocycles. The fourth-order valence-corrected chi connectivity index (χ4v) is 3.31. The third kappa shape index (κ3) is 3.23. The molecule has 1 aromatic rings. The van der Waals surface area contributed by atoms with Gasteiger partial charge in [-0.05, 0) is 60.8 Å². The average Bonchev–Trinajstić information content (AvgIpc) is 3.29. The van der Waals surface area contributed by atoms with Crippen LogP contribution in [0.5, 0.6) is 0 Å². The number of epoxide rings is 1. The second-order valence-corrected chi connectivity index (χ2v) is 6.45. The van der Waals surface area contributed by atoms with Crippen LogP contribution in [-0.2, 0) is 10.2 Å². The molecular weight excluding hydrogens is 256 g/mol. The van der Waals surface area contributed by atoms with Gasteiger partial charge in [0.1, 0.15) is 5.60 Å². The minimum absolute atomic E-state index is 0.0329. The molecule has 2 rings (SSSR count). The highest BCUT2D eigenvalue weighted by Gasteiger charge is 2.39. The Morgan fingerprint density at radius 3 is 2.19 bits per heavy atom. The molecule has 0 spiro atoms. The monoisotopic (exact) mass is 286 g/mol. The van der Waals surface area contributed by atoms with E-state index in [0.717, 1.165) is 13.0 Å². The van der Waals surface area contributed by atoms with E-state index in [2.05, 4.69) is 65.0 Å². The zero-order valence-electron chi connectivity index (χ0n) is 14.3. The summed E-state index contributed by atoms with van der Waals surface area (Å²) in [6.45, 7) is 12.2. The van der Waals surface area contributed by atoms with Crippen molar-refractivity contribution in [1.82, 2.24) is 0 Å². The molecule has 0 amide bonds. The molecule has 0 aliphatic carbocycles. The third-order valence-electron chi connectivity index (χ3n) is 5.59. The van der Waals surface area contributed by atoms with Gasteiger partial charge in [-0.3, -0.25) is 0 Å². The Balaban J connectivity index is 2.25. The Morgan fingerprint density at radius 2 is 1.76 bits per heavy atom. The predicted molar refractivity (Wildman–Crippen MR) is 91.7 cm³/mol. The molecule has 0 N–H and O–H groups in total. The van der Waals surface area contributed by atoms with E-state index in [1.807, 2.05) is 0 Å². The number of rotatable bonds is 7. The van der Waals surface area contributed by atoms with Crippen LogP contribution in [0.4, 0.5) is 0 Å². The molecule has 1 atom stereocenters. The van der Waals surface area contributed by atoms with Gasteiger partial charge in [-0.2, -0.15) is 0 Å². The number of benzene rings is 1. The van der Waals surface area contributed by atoms with Crippen molar-refractivity contribution in [2.24, 2.45) is 0 Å². The van der Waals surface area contributed by atoms with E-state index < -0.39 is 0 Å². The van der Waals surface area contributed by atoms with Gasteiger partial charge in [0.15, 0.2) is 0 Å². The molecular formula is C20H30O. The van der Waals surface area contributed by atoms with Crippen LogP contribution >= 0.6 is 0 Å². The maximum absolute atomic E-state index is 5.55. The Hall–Kier alpha value is -1.08. The molecule has 1 aromatic carbocycles. The van der Waals surface area contributed by atoms with Crippen molar-refractivity contribution in [1.29, 1.82) is 0 Å². The van der Waals surface area contributed by atoms with Crippen molar-refractivity contribution in [2.45, 2.75) is 71.3 Å². The lowest BCUT2D eigenvalue weighted by molar-refractivity contribution is 0.345. The van der Waals surface area contributed by atoms with Crippen molar-refractivity contribution in [3.05, 3.63) is 41.0 Å². The maximum Gasteiger partial charge on any atom is 0.110 e. The molecule has 1 heteroatoms. The summed E-state index contributed by atoms with van der Waals surface area (Å²) in [6.07, 6.45) is 9.17. The Kier molecular flexibility index (Phi) is 4.93. The molecule has 1 nitrogen and oxygen atoms in total. The summed E-state index contributed by atoms with van der Waals surface area (Å²) >= 11 is 0. The summed E-state index contributed by atoms with van der Waals surface area (Å²) in [4.78, 5) is 0. The van der Waals surface area contributed by atoms with Gasteiger partial charge in [0.2, 0.25) is 0 Å². The summed E-state index contributed by atoms with van der Waals surface area (Å²) < 4.78 is 5.55. The van der Waals surface area contributed by atoms with Crippen LogP contribution < -0.4 is 0 Å². The fraction of sp³-hybridized carbons (Fsp3) is 0.600. The highest BCUT2D eigenvalue weighted by Crippen LogP contribution is 2.36. The SMILES string of the molecule is CCC1(/C=C/c2ccc(C(CC)(CC)CC)cc2C)CO1. The highest BCUT2D eigenvalue weighted by atomic mass is 16.6. The van der Waals surface area contributed by atoms with Crippen LogP contribution in [0.3, 0.4) is 0 Å². The lowest BCUT2D eigenvalue weighted by Crippen LogP contribution is -2.23. The Bertz CT molecular complexity index is 496. The molecule has 1 aliphatic rings. The molecule has 0 bridgehead atoms. The first kappa shape index (κ1) is 16.3. The van der Waals surface area contributed by atoms with Crippen LogP contribution in [-0.4, -0.2) is 12.2 Å². The lowest BCUT2D eigenvalue weighted by atomic mass is 9.73. The van der Waals surface area contributed by atoms with E-state index in [1.165, 1.54) is 36.0 Å². The van der Waals surface area contributed by atoms with Crippen molar-refractivity contribution in [2.75, 3.05) is 6.61 Å². The van der Waals surface area contributed by atoms with Gasteiger partial charge in [0, 0.05) is 0 Å². The van der Waals surface area contributed by atoms with E-state index in [-0.39, 0.29) is 5.60 Å². The smallest absolute Gasteiger partial charge is 0.110 e. The Morgan fingerprint density at radius 1 is 1.14 bits per heavy atom. The van der Waals surface area contributed by atoms with Crippen molar-refractivity contribution < 1.29 is 4.74 Å². The average molecular weight is 286 g/mol. The largest absolute Gasteiger partial charge is 0.365 e. The molecule has 1 fully saturated rings. The third-order valence-corrected chi connectivity index (χ3v) is 5.59. The molecule has 0 radical (unpaired) electrons. The van der Waals surface area contributed by atoms with Crippen molar-refractivity contribution in [3.8, 4) is 0 Å². The van der Waals surface area contributed by atoms with Gasteiger partial charge in [0.05, 0.1) is 6.61 Å². The van der Waals surface area contributed by atoms with Gasteiger partial charge in [-0.1, -0.05) is 52.0 Å². The van der Waals surface area contributed by atoms with Gasteiger partial charge in [-0.15, -0.1) is 0 Å². The summed E-state index contributed by atoms with van der Waals surface area (Å²) in [7, 11) is 0. The molecule has 1 aliphatic heterocycles. The highest BCUT2D eigenvalue weighted by molar-refractivity contribution is 5.56. The van der Waals surface area contributed by atoms with Crippen LogP contribution in [0.1, 0.15) is 70.1 Å². The molecule has 1 saturated heterocycles. The summed E-state index contributed by atoms with van der Waals surface area (Å²) in [5, 5.41) is 0. The quantitative estimate of drug-likeness (QED) is 0.590. The second kappa shape index (κ2) is 6.36. The van der Waals surface area contributed by atoms with Crippen molar-refractivity contribution >= 4 is 6.08 Å². The molecule has 0 saturated carbocycles. The zero-order chi connectivity index (χ0) is 15.5. The number of aryl methyl sites for hydroxylation is 1. The van der Waals surface area contributed by atoms with Crippen LogP contribution in [0, 0.1) is 6.92 Å². The Labute approximate surface area is 130 Å². The summed E-state index contributed by atoms with van der Waals surface area (Å²) in [6, 6.07) is 7.00. The lowest BCUT2D eigenvalue weighted by Gasteiger charge is -2.31. The van der Waals surface area contributed by atoms with E-state index in [9.17, 15) is 0 Å². The van der Waals surface area contributed by atoms with E-state index in [4.69, 9.17) is 4.74 Å². The first-order valence-corrected chi connectivity index (χ1v) is 8.49. The maximum atomic E-state index is 5.55.